The van der Waals surface area contributed by atoms with Crippen molar-refractivity contribution in [3.05, 3.63) is 0 Å². The highest BCUT2D eigenvalue weighted by Crippen LogP contribution is 2.51. The topological polar surface area (TPSA) is 76.0 Å². The molecule has 0 heterocycles. The molecule has 1 aliphatic carbocycles. The van der Waals surface area contributed by atoms with E-state index in [1.807, 2.05) is 48.5 Å². The average Bonchev–Trinajstić information content (AvgIpc) is 2.29. The van der Waals surface area contributed by atoms with E-state index in [1.54, 1.807) is 4.90 Å². The first-order chi connectivity index (χ1) is 10.1. The Morgan fingerprint density at radius 2 is 1.74 bits per heavy atom. The van der Waals surface area contributed by atoms with Crippen LogP contribution in [0.25, 0.3) is 0 Å². The summed E-state index contributed by atoms with van der Waals surface area (Å²) in [5.41, 5.74) is 0.193. The third-order valence-electron chi connectivity index (χ3n) is 4.71. The summed E-state index contributed by atoms with van der Waals surface area (Å²) >= 11 is -1.28. The predicted molar refractivity (Wildman–Crippen MR) is 96.3 cm³/mol. The van der Waals surface area contributed by atoms with Crippen molar-refractivity contribution in [2.24, 2.45) is 15.7 Å². The van der Waals surface area contributed by atoms with Crippen molar-refractivity contribution in [1.82, 2.24) is 4.90 Å². The molecule has 23 heavy (non-hydrogen) atoms. The summed E-state index contributed by atoms with van der Waals surface area (Å²) in [5.74, 6) is 0.156. The van der Waals surface area contributed by atoms with Crippen LogP contribution < -0.4 is 0 Å². The highest BCUT2D eigenvalue weighted by molar-refractivity contribution is 7.91. The van der Waals surface area contributed by atoms with E-state index in [2.05, 4.69) is 18.2 Å². The molecule has 134 valence electrons. The van der Waals surface area contributed by atoms with Gasteiger partial charge in [0.25, 0.3) is 0 Å². The molecule has 1 fully saturated rings. The van der Waals surface area contributed by atoms with Crippen LogP contribution >= 0.6 is 0 Å². The summed E-state index contributed by atoms with van der Waals surface area (Å²) in [6.07, 6.45) is -0.158. The van der Waals surface area contributed by atoms with Crippen LogP contribution in [0.1, 0.15) is 68.7 Å². The first-order valence-electron chi connectivity index (χ1n) is 8.09. The van der Waals surface area contributed by atoms with Crippen LogP contribution in [0.3, 0.4) is 0 Å². The molecule has 5 nitrogen and oxygen atoms in total. The number of carboxylic acid groups (broad SMARTS) is 1. The van der Waals surface area contributed by atoms with E-state index in [-0.39, 0.29) is 22.1 Å². The zero-order valence-corrected chi connectivity index (χ0v) is 16.7. The third-order valence-corrected chi connectivity index (χ3v) is 6.21. The van der Waals surface area contributed by atoms with Crippen molar-refractivity contribution in [3.8, 4) is 0 Å². The lowest BCUT2D eigenvalue weighted by Crippen LogP contribution is -2.65. The standard InChI is InChI=1S/C17H32N2O3S/c1-11(18-23(22)16(5,6)7)12-10-13(17(12,8)9)19(14(20)21)15(2,3)4/h12-13H,10H2,1-9H3,(H,20,21)/b18-11+/t12-,13-,23?/m1/s1. The van der Waals surface area contributed by atoms with Gasteiger partial charge in [-0.05, 0) is 60.3 Å². The molecule has 0 aliphatic heterocycles. The molecule has 6 heteroatoms. The smallest absolute Gasteiger partial charge is 0.408 e. The van der Waals surface area contributed by atoms with Crippen molar-refractivity contribution >= 4 is 23.2 Å². The summed E-state index contributed by atoms with van der Waals surface area (Å²) in [7, 11) is 0. The fraction of sp³-hybridized carbons (Fsp3) is 0.882. The first kappa shape index (κ1) is 20.3. The molecular weight excluding hydrogens is 312 g/mol. The van der Waals surface area contributed by atoms with Crippen LogP contribution in [0.5, 0.6) is 0 Å². The minimum absolute atomic E-state index is 0.0572. The van der Waals surface area contributed by atoms with Crippen molar-refractivity contribution in [2.75, 3.05) is 0 Å². The second-order valence-electron chi connectivity index (χ2n) is 9.04. The first-order valence-corrected chi connectivity index (χ1v) is 9.20. The Morgan fingerprint density at radius 3 is 2.04 bits per heavy atom. The van der Waals surface area contributed by atoms with Crippen LogP contribution in [0, 0.1) is 11.3 Å². The number of amides is 1. The minimum atomic E-state index is -1.28. The molecule has 1 N–H and O–H groups in total. The second-order valence-corrected chi connectivity index (χ2v) is 10.9. The predicted octanol–water partition coefficient (Wildman–Crippen LogP) is 4.10. The molecular formula is C17H32N2O3S. The number of hydrogen-bond acceptors (Lipinski definition) is 3. The normalized spacial score (nSPS) is 26.4. The van der Waals surface area contributed by atoms with E-state index in [4.69, 9.17) is 0 Å². The molecule has 1 saturated carbocycles. The monoisotopic (exact) mass is 344 g/mol. The Bertz CT molecular complexity index is 489. The molecule has 0 saturated heterocycles. The molecule has 1 unspecified atom stereocenters. The molecule has 0 aromatic carbocycles. The summed E-state index contributed by atoms with van der Waals surface area (Å²) in [6.45, 7) is 17.5. The van der Waals surface area contributed by atoms with Crippen LogP contribution in [-0.4, -0.2) is 42.7 Å². The van der Waals surface area contributed by atoms with Gasteiger partial charge in [-0.3, -0.25) is 4.90 Å². The van der Waals surface area contributed by atoms with E-state index >= 15 is 0 Å². The molecule has 0 aromatic rings. The fourth-order valence-corrected chi connectivity index (χ4v) is 3.93. The van der Waals surface area contributed by atoms with E-state index in [1.165, 1.54) is 0 Å². The van der Waals surface area contributed by atoms with Gasteiger partial charge in [0, 0.05) is 17.5 Å². The summed E-state index contributed by atoms with van der Waals surface area (Å²) in [4.78, 5) is 13.3. The molecule has 0 radical (unpaired) electrons. The average molecular weight is 345 g/mol. The Kier molecular flexibility index (Phi) is 5.54. The molecule has 0 bridgehead atoms. The highest BCUT2D eigenvalue weighted by Gasteiger charge is 2.55. The Balaban J connectivity index is 2.99. The Labute approximate surface area is 143 Å². The van der Waals surface area contributed by atoms with Crippen molar-refractivity contribution in [2.45, 2.75) is 85.1 Å². The van der Waals surface area contributed by atoms with Crippen molar-refractivity contribution in [1.29, 1.82) is 0 Å². The lowest BCUT2D eigenvalue weighted by Gasteiger charge is -2.58. The molecule has 0 spiro atoms. The quantitative estimate of drug-likeness (QED) is 0.618. The number of rotatable bonds is 3. The molecule has 3 atom stereocenters. The SMILES string of the molecule is C/C(=N\[S+]([O-])C(C)(C)C)[C@H]1C[C@@H](N(C(=O)O)C(C)(C)C)C1(C)C. The van der Waals surface area contributed by atoms with Gasteiger partial charge in [-0.1, -0.05) is 18.2 Å². The van der Waals surface area contributed by atoms with Gasteiger partial charge < -0.3 is 9.66 Å². The molecule has 1 amide bonds. The van der Waals surface area contributed by atoms with Gasteiger partial charge in [0.15, 0.2) is 0 Å². The summed E-state index contributed by atoms with van der Waals surface area (Å²) in [5, 5.41) is 9.60. The minimum Gasteiger partial charge on any atom is -0.591 e. The van der Waals surface area contributed by atoms with Gasteiger partial charge in [0.05, 0.1) is 5.71 Å². The number of nitrogens with zero attached hydrogens (tertiary/aromatic N) is 2. The van der Waals surface area contributed by atoms with Crippen molar-refractivity contribution < 1.29 is 14.5 Å². The number of hydrogen-bond donors (Lipinski definition) is 1. The van der Waals surface area contributed by atoms with Crippen LogP contribution in [0.2, 0.25) is 0 Å². The maximum atomic E-state index is 12.2. The Morgan fingerprint density at radius 1 is 1.26 bits per heavy atom. The van der Waals surface area contributed by atoms with Crippen molar-refractivity contribution in [3.63, 3.8) is 0 Å². The van der Waals surface area contributed by atoms with Crippen LogP contribution in [0.4, 0.5) is 4.79 Å². The molecule has 0 aromatic heterocycles. The van der Waals surface area contributed by atoms with E-state index in [9.17, 15) is 14.5 Å². The maximum Gasteiger partial charge on any atom is 0.408 e. The number of carbonyl (C=O) groups is 1. The Hall–Kier alpha value is -0.750. The highest BCUT2D eigenvalue weighted by atomic mass is 32.2. The van der Waals surface area contributed by atoms with Gasteiger partial charge in [0.1, 0.15) is 16.1 Å². The zero-order valence-electron chi connectivity index (χ0n) is 15.9. The maximum absolute atomic E-state index is 12.2. The largest absolute Gasteiger partial charge is 0.591 e. The summed E-state index contributed by atoms with van der Waals surface area (Å²) < 4.78 is 16.2. The summed E-state index contributed by atoms with van der Waals surface area (Å²) in [6, 6.07) is -0.0572. The lowest BCUT2D eigenvalue weighted by molar-refractivity contribution is -0.0574. The molecule has 1 rings (SSSR count). The lowest BCUT2D eigenvalue weighted by atomic mass is 9.56. The zero-order chi connectivity index (χ0) is 18.4. The van der Waals surface area contributed by atoms with Gasteiger partial charge in [-0.15, -0.1) is 0 Å². The van der Waals surface area contributed by atoms with E-state index in [0.29, 0.717) is 0 Å². The van der Waals surface area contributed by atoms with Gasteiger partial charge in [0.2, 0.25) is 0 Å². The van der Waals surface area contributed by atoms with Gasteiger partial charge in [-0.25, -0.2) is 4.79 Å². The second kappa shape index (κ2) is 6.28. The van der Waals surface area contributed by atoms with E-state index in [0.717, 1.165) is 12.1 Å². The fourth-order valence-electron chi connectivity index (χ4n) is 3.27. The van der Waals surface area contributed by atoms with Gasteiger partial charge >= 0.3 is 6.09 Å². The van der Waals surface area contributed by atoms with Crippen LogP contribution in [-0.2, 0) is 11.4 Å². The molecule has 1 aliphatic rings. The third kappa shape index (κ3) is 4.21. The van der Waals surface area contributed by atoms with Crippen LogP contribution in [0.15, 0.2) is 4.40 Å². The van der Waals surface area contributed by atoms with E-state index < -0.39 is 23.0 Å². The van der Waals surface area contributed by atoms with Gasteiger partial charge in [-0.2, -0.15) is 0 Å².